The molecule has 0 bridgehead atoms. The number of thioether (sulfide) groups is 1. The van der Waals surface area contributed by atoms with E-state index in [4.69, 9.17) is 0 Å². The molecule has 3 rings (SSSR count). The van der Waals surface area contributed by atoms with Crippen molar-refractivity contribution in [3.63, 3.8) is 0 Å². The van der Waals surface area contributed by atoms with Crippen molar-refractivity contribution in [1.82, 2.24) is 4.98 Å². The Bertz CT molecular complexity index is 611. The lowest BCUT2D eigenvalue weighted by molar-refractivity contribution is 1.30. The van der Waals surface area contributed by atoms with Gasteiger partial charge in [0.15, 0.2) is 4.34 Å². The molecular formula is C12H8BrNS3. The number of aromatic nitrogens is 1. The second kappa shape index (κ2) is 5.10. The molecule has 0 saturated carbocycles. The molecule has 5 heteroatoms. The van der Waals surface area contributed by atoms with E-state index in [1.165, 1.54) is 13.4 Å². The fourth-order valence-corrected chi connectivity index (χ4v) is 5.07. The number of para-hydroxylation sites is 1. The third kappa shape index (κ3) is 2.73. The predicted octanol–water partition coefficient (Wildman–Crippen LogP) is 5.41. The molecule has 3 aromatic rings. The lowest BCUT2D eigenvalue weighted by atomic mass is 10.3. The van der Waals surface area contributed by atoms with Crippen LogP contribution in [0.4, 0.5) is 0 Å². The molecule has 0 fully saturated rings. The van der Waals surface area contributed by atoms with Gasteiger partial charge < -0.3 is 0 Å². The van der Waals surface area contributed by atoms with Crippen LogP contribution in [0.25, 0.3) is 10.2 Å². The van der Waals surface area contributed by atoms with Crippen LogP contribution < -0.4 is 0 Å². The van der Waals surface area contributed by atoms with Gasteiger partial charge in [-0.3, -0.25) is 0 Å². The van der Waals surface area contributed by atoms with Crippen LogP contribution in [0.15, 0.2) is 44.5 Å². The molecule has 2 heterocycles. The van der Waals surface area contributed by atoms with Crippen LogP contribution in [0.2, 0.25) is 0 Å². The zero-order valence-corrected chi connectivity index (χ0v) is 12.8. The van der Waals surface area contributed by atoms with E-state index < -0.39 is 0 Å². The van der Waals surface area contributed by atoms with Gasteiger partial charge in [0.25, 0.3) is 0 Å². The number of fused-ring (bicyclic) bond motifs is 1. The molecule has 0 N–H and O–H groups in total. The van der Waals surface area contributed by atoms with Crippen molar-refractivity contribution in [1.29, 1.82) is 0 Å². The SMILES string of the molecule is Brc1ccc(CSc2nc3ccccc3s2)s1. The van der Waals surface area contributed by atoms with E-state index in [1.807, 2.05) is 17.8 Å². The summed E-state index contributed by atoms with van der Waals surface area (Å²) >= 11 is 8.85. The predicted molar refractivity (Wildman–Crippen MR) is 81.2 cm³/mol. The lowest BCUT2D eigenvalue weighted by Crippen LogP contribution is -1.72. The molecule has 86 valence electrons. The standard InChI is InChI=1S/C12H8BrNS3/c13-11-6-5-8(16-11)7-15-12-14-9-3-1-2-4-10(9)17-12/h1-6H,7H2. The Morgan fingerprint density at radius 1 is 1.12 bits per heavy atom. The average molecular weight is 342 g/mol. The fraction of sp³-hybridized carbons (Fsp3) is 0.0833. The topological polar surface area (TPSA) is 12.9 Å². The molecule has 0 saturated heterocycles. The van der Waals surface area contributed by atoms with Gasteiger partial charge in [0, 0.05) is 10.6 Å². The maximum absolute atomic E-state index is 4.61. The van der Waals surface area contributed by atoms with Crippen molar-refractivity contribution >= 4 is 60.6 Å². The average Bonchev–Trinajstić information content (AvgIpc) is 2.91. The first-order valence-electron chi connectivity index (χ1n) is 5.04. The zero-order valence-electron chi connectivity index (χ0n) is 8.72. The number of benzene rings is 1. The lowest BCUT2D eigenvalue weighted by Gasteiger charge is -1.92. The van der Waals surface area contributed by atoms with E-state index in [0.29, 0.717) is 0 Å². The minimum absolute atomic E-state index is 0.996. The number of thiazole rings is 1. The highest BCUT2D eigenvalue weighted by atomic mass is 79.9. The van der Waals surface area contributed by atoms with Crippen molar-refractivity contribution in [2.75, 3.05) is 0 Å². The number of hydrogen-bond donors (Lipinski definition) is 0. The summed E-state index contributed by atoms with van der Waals surface area (Å²) in [4.78, 5) is 5.99. The normalized spacial score (nSPS) is 11.1. The largest absolute Gasteiger partial charge is 0.230 e. The number of halogens is 1. The summed E-state index contributed by atoms with van der Waals surface area (Å²) < 4.78 is 3.61. The van der Waals surface area contributed by atoms with Gasteiger partial charge in [-0.25, -0.2) is 4.98 Å². The van der Waals surface area contributed by atoms with Crippen LogP contribution in [0.3, 0.4) is 0 Å². The molecule has 0 aliphatic carbocycles. The van der Waals surface area contributed by atoms with Crippen LogP contribution in [0, 0.1) is 0 Å². The highest BCUT2D eigenvalue weighted by Crippen LogP contribution is 2.33. The summed E-state index contributed by atoms with van der Waals surface area (Å²) in [5.41, 5.74) is 1.10. The van der Waals surface area contributed by atoms with Gasteiger partial charge in [-0.15, -0.1) is 22.7 Å². The van der Waals surface area contributed by atoms with Gasteiger partial charge in [0.2, 0.25) is 0 Å². The van der Waals surface area contributed by atoms with Gasteiger partial charge in [0.05, 0.1) is 14.0 Å². The maximum Gasteiger partial charge on any atom is 0.151 e. The van der Waals surface area contributed by atoms with Gasteiger partial charge in [-0.05, 0) is 40.2 Å². The quantitative estimate of drug-likeness (QED) is 0.590. The van der Waals surface area contributed by atoms with Crippen LogP contribution in [-0.4, -0.2) is 4.98 Å². The molecule has 2 aromatic heterocycles. The first kappa shape index (κ1) is 11.7. The van der Waals surface area contributed by atoms with Crippen LogP contribution in [-0.2, 0) is 5.75 Å². The molecule has 1 aromatic carbocycles. The fourth-order valence-electron chi connectivity index (χ4n) is 1.47. The molecule has 1 nitrogen and oxygen atoms in total. The van der Waals surface area contributed by atoms with E-state index >= 15 is 0 Å². The monoisotopic (exact) mass is 341 g/mol. The van der Waals surface area contributed by atoms with E-state index in [1.54, 1.807) is 22.7 Å². The number of hydrogen-bond acceptors (Lipinski definition) is 4. The zero-order chi connectivity index (χ0) is 11.7. The Kier molecular flexibility index (Phi) is 3.51. The Hall–Kier alpha value is -0.360. The van der Waals surface area contributed by atoms with Crippen LogP contribution >= 0.6 is 50.4 Å². The third-order valence-electron chi connectivity index (χ3n) is 2.24. The molecule has 0 atom stereocenters. The minimum atomic E-state index is 0.996. The number of thiophene rings is 1. The Morgan fingerprint density at radius 2 is 2.00 bits per heavy atom. The third-order valence-corrected chi connectivity index (χ3v) is 6.28. The van der Waals surface area contributed by atoms with Crippen molar-refractivity contribution in [3.8, 4) is 0 Å². The highest BCUT2D eigenvalue weighted by molar-refractivity contribution is 9.11. The summed E-state index contributed by atoms with van der Waals surface area (Å²) in [5.74, 6) is 0.996. The van der Waals surface area contributed by atoms with Crippen LogP contribution in [0.1, 0.15) is 4.88 Å². The van der Waals surface area contributed by atoms with Crippen molar-refractivity contribution in [2.24, 2.45) is 0 Å². The molecule has 0 spiro atoms. The van der Waals surface area contributed by atoms with Gasteiger partial charge in [-0.2, -0.15) is 0 Å². The second-order valence-corrected chi connectivity index (χ2v) is 8.24. The Morgan fingerprint density at radius 3 is 2.76 bits per heavy atom. The van der Waals surface area contributed by atoms with E-state index in [9.17, 15) is 0 Å². The molecule has 0 amide bonds. The van der Waals surface area contributed by atoms with Gasteiger partial charge in [-0.1, -0.05) is 23.9 Å². The van der Waals surface area contributed by atoms with Crippen LogP contribution in [0.5, 0.6) is 0 Å². The summed E-state index contributed by atoms with van der Waals surface area (Å²) in [5, 5.41) is 0. The molecular weight excluding hydrogens is 334 g/mol. The Labute approximate surface area is 120 Å². The van der Waals surface area contributed by atoms with Crippen molar-refractivity contribution in [3.05, 3.63) is 45.1 Å². The van der Waals surface area contributed by atoms with Crippen molar-refractivity contribution < 1.29 is 0 Å². The molecule has 17 heavy (non-hydrogen) atoms. The van der Waals surface area contributed by atoms with E-state index in [2.05, 4.69) is 51.2 Å². The molecule has 0 aliphatic rings. The number of nitrogens with zero attached hydrogens (tertiary/aromatic N) is 1. The smallest absolute Gasteiger partial charge is 0.151 e. The first-order valence-corrected chi connectivity index (χ1v) is 8.45. The summed E-state index contributed by atoms with van der Waals surface area (Å²) in [6, 6.07) is 12.5. The maximum atomic E-state index is 4.61. The highest BCUT2D eigenvalue weighted by Gasteiger charge is 2.05. The van der Waals surface area contributed by atoms with Gasteiger partial charge in [0.1, 0.15) is 0 Å². The molecule has 0 unspecified atom stereocenters. The van der Waals surface area contributed by atoms with E-state index in [0.717, 1.165) is 15.6 Å². The number of rotatable bonds is 3. The van der Waals surface area contributed by atoms with Crippen molar-refractivity contribution in [2.45, 2.75) is 10.1 Å². The molecule has 0 aliphatic heterocycles. The van der Waals surface area contributed by atoms with Gasteiger partial charge >= 0.3 is 0 Å². The minimum Gasteiger partial charge on any atom is -0.230 e. The Balaban J connectivity index is 1.76. The molecule has 0 radical (unpaired) electrons. The summed E-state index contributed by atoms with van der Waals surface area (Å²) in [6.45, 7) is 0. The summed E-state index contributed by atoms with van der Waals surface area (Å²) in [7, 11) is 0. The first-order chi connectivity index (χ1) is 8.31. The second-order valence-electron chi connectivity index (χ2n) is 3.44. The van der Waals surface area contributed by atoms with E-state index in [-0.39, 0.29) is 0 Å². The summed E-state index contributed by atoms with van der Waals surface area (Å²) in [6.07, 6.45) is 0.